The van der Waals surface area contributed by atoms with Crippen molar-refractivity contribution in [2.24, 2.45) is 10.9 Å². The number of methoxy groups -OCH3 is 1. The van der Waals surface area contributed by atoms with Gasteiger partial charge in [-0.25, -0.2) is 0 Å². The topological polar surface area (TPSA) is 96.9 Å². The SMILES string of the molecule is COC1CCCC1NC(=O)c1cccc(C(N)=NO)c1. The Balaban J connectivity index is 2.09. The second-order valence-electron chi connectivity index (χ2n) is 4.85. The number of hydrogen-bond donors (Lipinski definition) is 3. The Morgan fingerprint density at radius 1 is 1.45 bits per heavy atom. The number of ether oxygens (including phenoxy) is 1. The van der Waals surface area contributed by atoms with E-state index < -0.39 is 0 Å². The van der Waals surface area contributed by atoms with Crippen molar-refractivity contribution < 1.29 is 14.7 Å². The van der Waals surface area contributed by atoms with Gasteiger partial charge in [-0.05, 0) is 31.4 Å². The molecule has 0 aromatic heterocycles. The maximum Gasteiger partial charge on any atom is 0.251 e. The van der Waals surface area contributed by atoms with Crippen LogP contribution in [0, 0.1) is 0 Å². The number of hydrogen-bond acceptors (Lipinski definition) is 4. The number of nitrogens with zero attached hydrogens (tertiary/aromatic N) is 1. The first-order chi connectivity index (χ1) is 9.65. The smallest absolute Gasteiger partial charge is 0.251 e. The molecule has 0 saturated heterocycles. The van der Waals surface area contributed by atoms with Gasteiger partial charge in [0.15, 0.2) is 5.84 Å². The van der Waals surface area contributed by atoms with Gasteiger partial charge >= 0.3 is 0 Å². The molecule has 1 aromatic rings. The summed E-state index contributed by atoms with van der Waals surface area (Å²) in [5, 5.41) is 14.6. The highest BCUT2D eigenvalue weighted by molar-refractivity contribution is 6.01. The quantitative estimate of drug-likeness (QED) is 0.332. The van der Waals surface area contributed by atoms with Crippen molar-refractivity contribution >= 4 is 11.7 Å². The minimum absolute atomic E-state index is 0.0183. The maximum absolute atomic E-state index is 12.2. The van der Waals surface area contributed by atoms with Crippen molar-refractivity contribution in [1.29, 1.82) is 0 Å². The lowest BCUT2D eigenvalue weighted by atomic mass is 10.1. The number of oxime groups is 1. The molecule has 4 N–H and O–H groups in total. The number of amidine groups is 1. The summed E-state index contributed by atoms with van der Waals surface area (Å²) in [7, 11) is 1.66. The van der Waals surface area contributed by atoms with Gasteiger partial charge in [-0.3, -0.25) is 4.79 Å². The van der Waals surface area contributed by atoms with Crippen LogP contribution in [0.25, 0.3) is 0 Å². The fourth-order valence-electron chi connectivity index (χ4n) is 2.50. The second-order valence-corrected chi connectivity index (χ2v) is 4.85. The third-order valence-corrected chi connectivity index (χ3v) is 3.60. The number of benzene rings is 1. The van der Waals surface area contributed by atoms with E-state index in [2.05, 4.69) is 10.5 Å². The predicted molar refractivity (Wildman–Crippen MR) is 74.9 cm³/mol. The van der Waals surface area contributed by atoms with E-state index >= 15 is 0 Å². The second kappa shape index (κ2) is 6.38. The standard InChI is InChI=1S/C14H19N3O3/c1-20-12-7-3-6-11(12)16-14(18)10-5-2-4-9(8-10)13(15)17-19/h2,4-5,8,11-12,19H,3,6-7H2,1H3,(H2,15,17)(H,16,18). The Morgan fingerprint density at radius 2 is 2.20 bits per heavy atom. The number of rotatable bonds is 4. The summed E-state index contributed by atoms with van der Waals surface area (Å²) in [6.45, 7) is 0. The molecule has 0 heterocycles. The van der Waals surface area contributed by atoms with Gasteiger partial charge < -0.3 is 21.0 Å². The van der Waals surface area contributed by atoms with E-state index in [-0.39, 0.29) is 23.9 Å². The highest BCUT2D eigenvalue weighted by Gasteiger charge is 2.28. The Kier molecular flexibility index (Phi) is 4.57. The lowest BCUT2D eigenvalue weighted by Crippen LogP contribution is -2.40. The molecule has 1 fully saturated rings. The molecule has 2 rings (SSSR count). The van der Waals surface area contributed by atoms with Crippen LogP contribution in [0.2, 0.25) is 0 Å². The molecule has 6 heteroatoms. The molecule has 1 aliphatic rings. The maximum atomic E-state index is 12.2. The largest absolute Gasteiger partial charge is 0.409 e. The van der Waals surface area contributed by atoms with E-state index in [1.807, 2.05) is 0 Å². The predicted octanol–water partition coefficient (Wildman–Crippen LogP) is 1.08. The normalized spacial score (nSPS) is 22.8. The van der Waals surface area contributed by atoms with Crippen molar-refractivity contribution in [2.45, 2.75) is 31.4 Å². The highest BCUT2D eigenvalue weighted by Crippen LogP contribution is 2.21. The van der Waals surface area contributed by atoms with Crippen LogP contribution in [0.5, 0.6) is 0 Å². The molecule has 20 heavy (non-hydrogen) atoms. The van der Waals surface area contributed by atoms with Gasteiger partial charge in [0, 0.05) is 18.2 Å². The molecule has 1 amide bonds. The van der Waals surface area contributed by atoms with Gasteiger partial charge in [-0.1, -0.05) is 17.3 Å². The van der Waals surface area contributed by atoms with Crippen molar-refractivity contribution in [2.75, 3.05) is 7.11 Å². The van der Waals surface area contributed by atoms with E-state index in [0.717, 1.165) is 19.3 Å². The zero-order chi connectivity index (χ0) is 14.5. The van der Waals surface area contributed by atoms with E-state index in [1.165, 1.54) is 0 Å². The van der Waals surface area contributed by atoms with Crippen LogP contribution in [0.15, 0.2) is 29.4 Å². The van der Waals surface area contributed by atoms with Crippen molar-refractivity contribution in [3.05, 3.63) is 35.4 Å². The molecule has 1 aromatic carbocycles. The van der Waals surface area contributed by atoms with Gasteiger partial charge in [-0.15, -0.1) is 0 Å². The van der Waals surface area contributed by atoms with Crippen LogP contribution in [0.4, 0.5) is 0 Å². The molecule has 1 saturated carbocycles. The minimum atomic E-state index is -0.175. The minimum Gasteiger partial charge on any atom is -0.409 e. The summed E-state index contributed by atoms with van der Waals surface area (Å²) >= 11 is 0. The summed E-state index contributed by atoms with van der Waals surface area (Å²) in [6, 6.07) is 6.71. The fraction of sp³-hybridized carbons (Fsp3) is 0.429. The average Bonchev–Trinajstić information content (AvgIpc) is 2.93. The molecule has 0 aliphatic heterocycles. The summed E-state index contributed by atoms with van der Waals surface area (Å²) in [6.07, 6.45) is 3.01. The Morgan fingerprint density at radius 3 is 2.90 bits per heavy atom. The first-order valence-corrected chi connectivity index (χ1v) is 6.57. The van der Waals surface area contributed by atoms with E-state index in [4.69, 9.17) is 15.7 Å². The number of nitrogens with one attached hydrogen (secondary N) is 1. The summed E-state index contributed by atoms with van der Waals surface area (Å²) in [4.78, 5) is 12.2. The molecule has 108 valence electrons. The van der Waals surface area contributed by atoms with Crippen LogP contribution >= 0.6 is 0 Å². The van der Waals surface area contributed by atoms with Crippen molar-refractivity contribution in [3.8, 4) is 0 Å². The number of amides is 1. The molecule has 0 spiro atoms. The monoisotopic (exact) mass is 277 g/mol. The third kappa shape index (κ3) is 3.08. The highest BCUT2D eigenvalue weighted by atomic mass is 16.5. The Bertz CT molecular complexity index is 516. The van der Waals surface area contributed by atoms with Crippen molar-refractivity contribution in [3.63, 3.8) is 0 Å². The lowest BCUT2D eigenvalue weighted by molar-refractivity contribution is 0.0722. The van der Waals surface area contributed by atoms with E-state index in [1.54, 1.807) is 31.4 Å². The van der Waals surface area contributed by atoms with Gasteiger partial charge in [-0.2, -0.15) is 0 Å². The summed E-state index contributed by atoms with van der Waals surface area (Å²) in [5.41, 5.74) is 6.51. The van der Waals surface area contributed by atoms with Gasteiger partial charge in [0.1, 0.15) is 0 Å². The van der Waals surface area contributed by atoms with Crippen LogP contribution in [-0.4, -0.2) is 36.2 Å². The molecular weight excluding hydrogens is 258 g/mol. The zero-order valence-corrected chi connectivity index (χ0v) is 11.4. The number of nitrogens with two attached hydrogens (primary N) is 1. The van der Waals surface area contributed by atoms with E-state index in [0.29, 0.717) is 11.1 Å². The Labute approximate surface area is 117 Å². The first-order valence-electron chi connectivity index (χ1n) is 6.57. The lowest BCUT2D eigenvalue weighted by Gasteiger charge is -2.19. The summed E-state index contributed by atoms with van der Waals surface area (Å²) in [5.74, 6) is -0.193. The average molecular weight is 277 g/mol. The number of carbonyl (C=O) groups excluding carboxylic acids is 1. The molecule has 1 aliphatic carbocycles. The fourth-order valence-corrected chi connectivity index (χ4v) is 2.50. The van der Waals surface area contributed by atoms with Crippen LogP contribution < -0.4 is 11.1 Å². The van der Waals surface area contributed by atoms with Gasteiger partial charge in [0.25, 0.3) is 5.91 Å². The Hall–Kier alpha value is -2.08. The molecule has 0 bridgehead atoms. The molecule has 2 unspecified atom stereocenters. The molecule has 6 nitrogen and oxygen atoms in total. The van der Waals surface area contributed by atoms with Gasteiger partial charge in [0.2, 0.25) is 0 Å². The summed E-state index contributed by atoms with van der Waals surface area (Å²) < 4.78 is 5.35. The zero-order valence-electron chi connectivity index (χ0n) is 11.4. The first kappa shape index (κ1) is 14.3. The van der Waals surface area contributed by atoms with Crippen molar-refractivity contribution in [1.82, 2.24) is 5.32 Å². The van der Waals surface area contributed by atoms with E-state index in [9.17, 15) is 4.79 Å². The van der Waals surface area contributed by atoms with Crippen LogP contribution in [0.3, 0.4) is 0 Å². The number of carbonyl (C=O) groups is 1. The molecule has 2 atom stereocenters. The third-order valence-electron chi connectivity index (χ3n) is 3.60. The van der Waals surface area contributed by atoms with Crippen LogP contribution in [-0.2, 0) is 4.74 Å². The molecule has 0 radical (unpaired) electrons. The molecular formula is C14H19N3O3. The van der Waals surface area contributed by atoms with Gasteiger partial charge in [0.05, 0.1) is 12.1 Å². The van der Waals surface area contributed by atoms with Crippen LogP contribution in [0.1, 0.15) is 35.2 Å².